The van der Waals surface area contributed by atoms with Gasteiger partial charge in [-0.1, -0.05) is 30.3 Å². The highest BCUT2D eigenvalue weighted by atomic mass is 16.5. The first-order valence-electron chi connectivity index (χ1n) is 18.8. The number of hydrogen-bond donors (Lipinski definition) is 7. The Balaban J connectivity index is 0.901. The summed E-state index contributed by atoms with van der Waals surface area (Å²) >= 11 is 0. The Morgan fingerprint density at radius 2 is 1.61 bits per heavy atom. The fourth-order valence-electron chi connectivity index (χ4n) is 7.00. The minimum atomic E-state index is -1.08. The van der Waals surface area contributed by atoms with Crippen LogP contribution in [0, 0.1) is 0 Å². The lowest BCUT2D eigenvalue weighted by molar-refractivity contribution is 0.0158. The number of carboxylic acid groups (broad SMARTS) is 1. The van der Waals surface area contributed by atoms with Gasteiger partial charge in [0.05, 0.1) is 57.9 Å². The van der Waals surface area contributed by atoms with Crippen LogP contribution in [0.1, 0.15) is 54.8 Å². The molecular formula is C42H45N7O8. The Morgan fingerprint density at radius 1 is 0.842 bits per heavy atom. The molecule has 3 amide bonds. The van der Waals surface area contributed by atoms with Gasteiger partial charge in [-0.25, -0.2) is 4.79 Å². The number of nitrogens with one attached hydrogen (secondary N) is 5. The molecule has 3 aromatic heterocycles. The highest BCUT2D eigenvalue weighted by Gasteiger charge is 2.33. The molecule has 0 saturated carbocycles. The van der Waals surface area contributed by atoms with Crippen LogP contribution in [0.2, 0.25) is 0 Å². The third-order valence-electron chi connectivity index (χ3n) is 9.66. The van der Waals surface area contributed by atoms with E-state index in [1.165, 1.54) is 6.07 Å². The van der Waals surface area contributed by atoms with Crippen molar-refractivity contribution in [2.45, 2.75) is 25.7 Å². The van der Waals surface area contributed by atoms with Gasteiger partial charge in [-0.3, -0.25) is 14.6 Å². The van der Waals surface area contributed by atoms with Gasteiger partial charge in [0.1, 0.15) is 5.75 Å². The topological polar surface area (TPSA) is 201 Å². The Labute approximate surface area is 328 Å². The SMILES string of the molecule is O=C(O)NCCOCCOCCOCCNC(=O)c1ccnc(Cn2ccc3ccc(CNCc4[nH]c5ccccc5c4C4NC(=O)c5ccc(O)cc54)cc32)c1. The lowest BCUT2D eigenvalue weighted by Gasteiger charge is -2.15. The predicted molar refractivity (Wildman–Crippen MR) is 212 cm³/mol. The van der Waals surface area contributed by atoms with E-state index < -0.39 is 12.1 Å². The van der Waals surface area contributed by atoms with Crippen molar-refractivity contribution in [1.29, 1.82) is 0 Å². The molecule has 0 fully saturated rings. The molecule has 1 aliphatic heterocycles. The number of nitrogens with zero attached hydrogens (tertiary/aromatic N) is 2. The van der Waals surface area contributed by atoms with Crippen LogP contribution in [-0.4, -0.2) is 95.4 Å². The van der Waals surface area contributed by atoms with Gasteiger partial charge in [-0.15, -0.1) is 0 Å². The van der Waals surface area contributed by atoms with Gasteiger partial charge in [0, 0.05) is 77.4 Å². The van der Waals surface area contributed by atoms with Crippen LogP contribution in [-0.2, 0) is 33.8 Å². The zero-order valence-corrected chi connectivity index (χ0v) is 31.3. The molecule has 0 bridgehead atoms. The fourth-order valence-corrected chi connectivity index (χ4v) is 7.00. The Hall–Kier alpha value is -6.26. The Morgan fingerprint density at radius 3 is 2.42 bits per heavy atom. The normalized spacial score (nSPS) is 13.5. The molecule has 0 radical (unpaired) electrons. The average Bonchev–Trinajstić information content (AvgIpc) is 3.88. The molecule has 15 heteroatoms. The second-order valence-electron chi connectivity index (χ2n) is 13.5. The number of fused-ring (bicyclic) bond motifs is 3. The number of phenols is 1. The molecular weight excluding hydrogens is 731 g/mol. The van der Waals surface area contributed by atoms with Gasteiger partial charge in [-0.05, 0) is 65.0 Å². The molecule has 1 unspecified atom stereocenters. The minimum Gasteiger partial charge on any atom is -0.508 e. The van der Waals surface area contributed by atoms with E-state index >= 15 is 0 Å². The van der Waals surface area contributed by atoms with E-state index in [1.807, 2.05) is 30.5 Å². The van der Waals surface area contributed by atoms with Gasteiger partial charge in [0.15, 0.2) is 0 Å². The number of aromatic nitrogens is 3. The maximum absolute atomic E-state index is 12.9. The second kappa shape index (κ2) is 18.6. The van der Waals surface area contributed by atoms with Crippen molar-refractivity contribution in [2.75, 3.05) is 52.7 Å². The summed E-state index contributed by atoms with van der Waals surface area (Å²) in [5, 5.41) is 32.7. The van der Waals surface area contributed by atoms with Crippen LogP contribution in [0.15, 0.2) is 91.3 Å². The first-order valence-corrected chi connectivity index (χ1v) is 18.8. The monoisotopic (exact) mass is 775 g/mol. The summed E-state index contributed by atoms with van der Waals surface area (Å²) < 4.78 is 18.3. The number of amides is 3. The van der Waals surface area contributed by atoms with Gasteiger partial charge in [-0.2, -0.15) is 0 Å². The first kappa shape index (κ1) is 39.0. The fraction of sp³-hybridized carbons (Fsp3) is 0.286. The predicted octanol–water partition coefficient (Wildman–Crippen LogP) is 4.44. The van der Waals surface area contributed by atoms with Crippen LogP contribution in [0.3, 0.4) is 0 Å². The number of phenolic OH excluding ortho intramolecular Hbond substituents is 1. The molecule has 57 heavy (non-hydrogen) atoms. The molecule has 1 atom stereocenters. The van der Waals surface area contributed by atoms with Crippen molar-refractivity contribution in [3.05, 3.63) is 130 Å². The summed E-state index contributed by atoms with van der Waals surface area (Å²) in [6.45, 7) is 4.25. The minimum absolute atomic E-state index is 0.118. The number of H-pyrrole nitrogens is 1. The first-order chi connectivity index (χ1) is 27.8. The summed E-state index contributed by atoms with van der Waals surface area (Å²) in [5.41, 5.74) is 7.63. The summed E-state index contributed by atoms with van der Waals surface area (Å²) in [4.78, 5) is 44.2. The molecule has 6 aromatic rings. The van der Waals surface area contributed by atoms with E-state index in [-0.39, 0.29) is 30.7 Å². The van der Waals surface area contributed by atoms with Crippen LogP contribution in [0.5, 0.6) is 5.75 Å². The Kier molecular flexibility index (Phi) is 12.7. The van der Waals surface area contributed by atoms with E-state index in [0.717, 1.165) is 49.9 Å². The molecule has 0 saturated heterocycles. The van der Waals surface area contributed by atoms with Gasteiger partial charge in [0.2, 0.25) is 0 Å². The number of para-hydroxylation sites is 1. The van der Waals surface area contributed by atoms with Gasteiger partial charge < -0.3 is 55.2 Å². The summed E-state index contributed by atoms with van der Waals surface area (Å²) in [6, 6.07) is 24.4. The molecule has 0 spiro atoms. The molecule has 4 heterocycles. The van der Waals surface area contributed by atoms with Crippen molar-refractivity contribution in [3.8, 4) is 5.75 Å². The molecule has 0 aliphatic carbocycles. The molecule has 3 aromatic carbocycles. The number of rotatable bonds is 20. The summed E-state index contributed by atoms with van der Waals surface area (Å²) in [7, 11) is 0. The van der Waals surface area contributed by atoms with E-state index in [9.17, 15) is 19.5 Å². The maximum Gasteiger partial charge on any atom is 0.404 e. The third-order valence-corrected chi connectivity index (χ3v) is 9.66. The number of carbonyl (C=O) groups is 3. The zero-order valence-electron chi connectivity index (χ0n) is 31.3. The summed E-state index contributed by atoms with van der Waals surface area (Å²) in [6.07, 6.45) is 2.58. The number of carbonyl (C=O) groups excluding carboxylic acids is 2. The third kappa shape index (κ3) is 9.77. The number of benzene rings is 3. The van der Waals surface area contributed by atoms with Crippen molar-refractivity contribution < 1.29 is 38.8 Å². The van der Waals surface area contributed by atoms with Crippen molar-refractivity contribution in [3.63, 3.8) is 0 Å². The van der Waals surface area contributed by atoms with Crippen molar-refractivity contribution >= 4 is 39.7 Å². The van der Waals surface area contributed by atoms with E-state index in [0.29, 0.717) is 70.3 Å². The summed E-state index contributed by atoms with van der Waals surface area (Å²) in [5.74, 6) is -0.254. The quantitative estimate of drug-likeness (QED) is 0.0544. The van der Waals surface area contributed by atoms with Crippen molar-refractivity contribution in [2.24, 2.45) is 0 Å². The van der Waals surface area contributed by atoms with E-state index in [4.69, 9.17) is 19.3 Å². The maximum atomic E-state index is 12.9. The number of aromatic amines is 1. The van der Waals surface area contributed by atoms with Gasteiger partial charge in [0.25, 0.3) is 11.8 Å². The van der Waals surface area contributed by atoms with Crippen LogP contribution in [0.4, 0.5) is 4.79 Å². The number of hydrogen-bond acceptors (Lipinski definition) is 9. The second-order valence-corrected chi connectivity index (χ2v) is 13.5. The van der Waals surface area contributed by atoms with E-state index in [2.05, 4.69) is 60.1 Å². The largest absolute Gasteiger partial charge is 0.508 e. The highest BCUT2D eigenvalue weighted by Crippen LogP contribution is 2.38. The van der Waals surface area contributed by atoms with Crippen LogP contribution >= 0.6 is 0 Å². The smallest absolute Gasteiger partial charge is 0.404 e. The van der Waals surface area contributed by atoms with E-state index in [1.54, 1.807) is 30.5 Å². The van der Waals surface area contributed by atoms with Gasteiger partial charge >= 0.3 is 6.09 Å². The number of pyridine rings is 1. The standard InChI is InChI=1S/C42H45N7O8/c50-31-7-8-32-34(23-31)39(48-41(32)52)38-33-3-1-2-4-35(33)47-36(38)25-43-24-27-5-6-28-10-14-49(37(28)21-27)26-30-22-29(9-11-44-30)40(51)45-12-15-55-17-19-57-20-18-56-16-13-46-42(53)54/h1-11,14,21-23,39,43,46-47,50H,12-13,15-20,24-26H2,(H,45,51)(H,48,52)(H,53,54). The highest BCUT2D eigenvalue weighted by molar-refractivity contribution is 6.01. The lowest BCUT2D eigenvalue weighted by Crippen LogP contribution is -2.28. The van der Waals surface area contributed by atoms with Crippen molar-refractivity contribution in [1.82, 2.24) is 35.8 Å². The zero-order chi connectivity index (χ0) is 39.6. The Bertz CT molecular complexity index is 2360. The molecule has 7 N–H and O–H groups in total. The number of aromatic hydroxyl groups is 1. The number of ether oxygens (including phenoxy) is 3. The van der Waals surface area contributed by atoms with Crippen LogP contribution in [0.25, 0.3) is 21.8 Å². The average molecular weight is 776 g/mol. The molecule has 296 valence electrons. The molecule has 7 rings (SSSR count). The molecule has 1 aliphatic rings. The lowest BCUT2D eigenvalue weighted by atomic mass is 9.95. The van der Waals surface area contributed by atoms with Crippen LogP contribution < -0.4 is 21.3 Å². The molecule has 15 nitrogen and oxygen atoms in total.